The number of hydrogen-bond donors (Lipinski definition) is 1. The van der Waals surface area contributed by atoms with Crippen molar-refractivity contribution in [3.8, 4) is 11.4 Å². The Bertz CT molecular complexity index is 1490. The fraction of sp³-hybridized carbons (Fsp3) is 0.280. The molecule has 0 radical (unpaired) electrons. The van der Waals surface area contributed by atoms with Crippen molar-refractivity contribution in [2.45, 2.75) is 44.8 Å². The molecule has 1 aliphatic carbocycles. The number of amides is 1. The molecule has 0 bridgehead atoms. The molecule has 37 heavy (non-hydrogen) atoms. The second kappa shape index (κ2) is 8.87. The highest BCUT2D eigenvalue weighted by molar-refractivity contribution is 7.12. The number of halogens is 3. The van der Waals surface area contributed by atoms with Crippen LogP contribution in [0.25, 0.3) is 11.4 Å². The van der Waals surface area contributed by atoms with Crippen LogP contribution in [0.1, 0.15) is 55.2 Å². The molecule has 12 heteroatoms. The molecule has 0 spiro atoms. The van der Waals surface area contributed by atoms with Crippen molar-refractivity contribution >= 4 is 17.2 Å². The van der Waals surface area contributed by atoms with Crippen LogP contribution >= 0.6 is 11.3 Å². The monoisotopic (exact) mass is 528 g/mol. The summed E-state index contributed by atoms with van der Waals surface area (Å²) in [6.45, 7) is 3.70. The maximum Gasteiger partial charge on any atom is 0.416 e. The summed E-state index contributed by atoms with van der Waals surface area (Å²) in [5.74, 6) is -0.406. The van der Waals surface area contributed by atoms with Gasteiger partial charge in [0.25, 0.3) is 5.91 Å². The van der Waals surface area contributed by atoms with Crippen molar-refractivity contribution in [1.29, 1.82) is 0 Å². The zero-order chi connectivity index (χ0) is 26.5. The molecule has 8 nitrogen and oxygen atoms in total. The third-order valence-corrected chi connectivity index (χ3v) is 7.66. The van der Waals surface area contributed by atoms with Crippen molar-refractivity contribution in [2.75, 3.05) is 0 Å². The Balaban J connectivity index is 1.39. The van der Waals surface area contributed by atoms with Gasteiger partial charge in [-0.25, -0.2) is 0 Å². The van der Waals surface area contributed by atoms with Gasteiger partial charge >= 0.3 is 12.0 Å². The molecule has 4 aromatic rings. The predicted molar refractivity (Wildman–Crippen MR) is 130 cm³/mol. The molecular formula is C25H21F3N5O3S-. The topological polar surface area (TPSA) is 110 Å². The number of aryl methyl sites for hydroxylation is 2. The summed E-state index contributed by atoms with van der Waals surface area (Å²) in [4.78, 5) is 15.1. The minimum Gasteiger partial charge on any atom is -0.750 e. The minimum atomic E-state index is -4.44. The quantitative estimate of drug-likeness (QED) is 0.290. The largest absolute Gasteiger partial charge is 0.750 e. The summed E-state index contributed by atoms with van der Waals surface area (Å²) < 4.78 is 39.6. The second-order valence-corrected chi connectivity index (χ2v) is 10.5. The normalized spacial score (nSPS) is 14.5. The molecule has 0 saturated heterocycles. The number of aromatic nitrogens is 4. The molecule has 1 aliphatic rings. The van der Waals surface area contributed by atoms with Gasteiger partial charge in [-0.3, -0.25) is 4.79 Å². The summed E-state index contributed by atoms with van der Waals surface area (Å²) in [5.41, 5.74) is 1.62. The summed E-state index contributed by atoms with van der Waals surface area (Å²) in [5, 5.41) is 32.9. The first-order chi connectivity index (χ1) is 17.5. The summed E-state index contributed by atoms with van der Waals surface area (Å²) in [6, 6.07) is 12.0. The Morgan fingerprint density at radius 2 is 1.86 bits per heavy atom. The first-order valence-corrected chi connectivity index (χ1v) is 12.2. The van der Waals surface area contributed by atoms with E-state index < -0.39 is 17.3 Å². The fourth-order valence-corrected chi connectivity index (χ4v) is 5.61. The van der Waals surface area contributed by atoms with Crippen molar-refractivity contribution < 1.29 is 22.8 Å². The number of carbonyl (C=O) groups is 1. The Morgan fingerprint density at radius 1 is 1.16 bits per heavy atom. The van der Waals surface area contributed by atoms with Crippen LogP contribution in [0.3, 0.4) is 0 Å². The van der Waals surface area contributed by atoms with E-state index in [1.165, 1.54) is 17.4 Å². The molecule has 0 aliphatic heterocycles. The number of rotatable bonds is 6. The average molecular weight is 529 g/mol. The number of hydrogen-bond acceptors (Lipinski definition) is 6. The third-order valence-electron chi connectivity index (χ3n) is 6.60. The van der Waals surface area contributed by atoms with E-state index in [4.69, 9.17) is 0 Å². The zero-order valence-electron chi connectivity index (χ0n) is 19.8. The highest BCUT2D eigenvalue weighted by atomic mass is 32.1. The highest BCUT2D eigenvalue weighted by Gasteiger charge is 2.46. The SMILES string of the molecule is Cc1sc(C)c(C(=O)NC2(c3ccc(-c4nnn([O-])[n+]4[O-])cc3)CC2)c1Cc1cccc(C(F)(F)F)c1. The van der Waals surface area contributed by atoms with E-state index in [-0.39, 0.29) is 28.0 Å². The fourth-order valence-electron chi connectivity index (χ4n) is 4.54. The summed E-state index contributed by atoms with van der Waals surface area (Å²) >= 11 is 1.44. The van der Waals surface area contributed by atoms with Crippen LogP contribution in [0, 0.1) is 24.3 Å². The van der Waals surface area contributed by atoms with E-state index in [2.05, 4.69) is 15.6 Å². The van der Waals surface area contributed by atoms with Crippen LogP contribution in [0.5, 0.6) is 0 Å². The lowest BCUT2D eigenvalue weighted by Gasteiger charge is -2.19. The second-order valence-electron chi connectivity index (χ2n) is 9.10. The van der Waals surface area contributed by atoms with E-state index >= 15 is 0 Å². The van der Waals surface area contributed by atoms with Crippen LogP contribution in [0.4, 0.5) is 13.2 Å². The molecule has 1 fully saturated rings. The van der Waals surface area contributed by atoms with Gasteiger partial charge in [0, 0.05) is 9.75 Å². The maximum atomic E-state index is 13.5. The lowest BCUT2D eigenvalue weighted by Crippen LogP contribution is -2.37. The number of nitrogens with zero attached hydrogens (tertiary/aromatic N) is 4. The number of nitrogens with one attached hydrogen (secondary N) is 1. The number of alkyl halides is 3. The first-order valence-electron chi connectivity index (χ1n) is 11.4. The van der Waals surface area contributed by atoms with E-state index in [1.54, 1.807) is 30.3 Å². The van der Waals surface area contributed by atoms with Gasteiger partial charge < -0.3 is 15.7 Å². The van der Waals surface area contributed by atoms with E-state index in [1.807, 2.05) is 13.8 Å². The minimum absolute atomic E-state index is 0.0390. The van der Waals surface area contributed by atoms with Crippen molar-refractivity contribution in [3.63, 3.8) is 0 Å². The Morgan fingerprint density at radius 3 is 2.46 bits per heavy atom. The van der Waals surface area contributed by atoms with Gasteiger partial charge in [-0.1, -0.05) is 35.3 Å². The van der Waals surface area contributed by atoms with Gasteiger partial charge in [0.05, 0.1) is 22.2 Å². The van der Waals surface area contributed by atoms with Crippen LogP contribution in [-0.2, 0) is 18.1 Å². The Labute approximate surface area is 213 Å². The van der Waals surface area contributed by atoms with E-state index in [0.29, 0.717) is 35.1 Å². The molecule has 2 aromatic heterocycles. The van der Waals surface area contributed by atoms with Gasteiger partial charge in [0.15, 0.2) is 5.21 Å². The molecule has 192 valence electrons. The smallest absolute Gasteiger partial charge is 0.416 e. The van der Waals surface area contributed by atoms with Crippen molar-refractivity contribution in [3.05, 3.63) is 96.5 Å². The molecule has 5 rings (SSSR count). The van der Waals surface area contributed by atoms with Crippen LogP contribution < -0.4 is 10.2 Å². The van der Waals surface area contributed by atoms with Gasteiger partial charge in [-0.2, -0.15) is 18.0 Å². The number of benzene rings is 2. The zero-order valence-corrected chi connectivity index (χ0v) is 20.6. The number of thiophene rings is 1. The molecule has 1 N–H and O–H groups in total. The highest BCUT2D eigenvalue weighted by Crippen LogP contribution is 2.46. The molecule has 0 unspecified atom stereocenters. The molecule has 0 atom stereocenters. The lowest BCUT2D eigenvalue weighted by molar-refractivity contribution is -0.679. The van der Waals surface area contributed by atoms with Crippen molar-refractivity contribution in [1.82, 2.24) is 20.6 Å². The van der Waals surface area contributed by atoms with Crippen LogP contribution in [0.15, 0.2) is 48.5 Å². The molecular weight excluding hydrogens is 507 g/mol. The maximum absolute atomic E-state index is 13.5. The lowest BCUT2D eigenvalue weighted by atomic mass is 9.97. The summed E-state index contributed by atoms with van der Waals surface area (Å²) in [7, 11) is 0. The predicted octanol–water partition coefficient (Wildman–Crippen LogP) is 4.63. The van der Waals surface area contributed by atoms with Crippen LogP contribution in [-0.4, -0.2) is 21.2 Å². The van der Waals surface area contributed by atoms with Gasteiger partial charge in [-0.05, 0) is 68.0 Å². The molecule has 2 heterocycles. The van der Waals surface area contributed by atoms with E-state index in [9.17, 15) is 28.4 Å². The van der Waals surface area contributed by atoms with Crippen LogP contribution in [0.2, 0.25) is 0 Å². The van der Waals surface area contributed by atoms with Crippen molar-refractivity contribution in [2.24, 2.45) is 0 Å². The molecule has 2 aromatic carbocycles. The Hall–Kier alpha value is -3.93. The third kappa shape index (κ3) is 4.64. The number of carbonyl (C=O) groups excluding carboxylic acids is 1. The summed E-state index contributed by atoms with van der Waals surface area (Å²) in [6.07, 6.45) is -2.81. The standard InChI is InChI=1S/C25H21F3N5O3S/c1-14-20(13-16-4-3-5-19(12-16)25(26,27)28)21(15(2)37-14)23(34)29-24(10-11-24)18-8-6-17(7-9-18)22-30-31-33(36)32(22)35/h3-9,12H,10-11,13H2,1-2H3,(H,29,34)/q-1. The molecule has 1 saturated carbocycles. The van der Waals surface area contributed by atoms with Gasteiger partial charge in [0.2, 0.25) is 0 Å². The Kier molecular flexibility index (Phi) is 5.94. The van der Waals surface area contributed by atoms with Gasteiger partial charge in [0.1, 0.15) is 5.10 Å². The molecule has 1 amide bonds. The van der Waals surface area contributed by atoms with E-state index in [0.717, 1.165) is 27.5 Å². The number of tetrazole rings is 1. The average Bonchev–Trinajstić information content (AvgIpc) is 3.47. The first kappa shape index (κ1) is 24.8. The van der Waals surface area contributed by atoms with Gasteiger partial charge in [-0.15, -0.1) is 11.3 Å².